The summed E-state index contributed by atoms with van der Waals surface area (Å²) in [7, 11) is 1.32. The Balaban J connectivity index is 1.98. The van der Waals surface area contributed by atoms with E-state index in [-0.39, 0.29) is 5.82 Å². The number of rotatable bonds is 5. The number of aryl methyl sites for hydroxylation is 1. The Morgan fingerprint density at radius 3 is 3.00 bits per heavy atom. The molecular formula is C11H14N4O2S2. The van der Waals surface area contributed by atoms with E-state index in [2.05, 4.69) is 19.4 Å². The van der Waals surface area contributed by atoms with Gasteiger partial charge in [0.1, 0.15) is 10.6 Å². The molecule has 0 bridgehead atoms. The monoisotopic (exact) mass is 298 g/mol. The van der Waals surface area contributed by atoms with E-state index in [1.165, 1.54) is 7.11 Å². The molecule has 3 N–H and O–H groups in total. The molecule has 102 valence electrons. The lowest BCUT2D eigenvalue weighted by Crippen LogP contribution is -2.10. The highest BCUT2D eigenvalue weighted by Gasteiger charge is 2.19. The van der Waals surface area contributed by atoms with Gasteiger partial charge in [-0.1, -0.05) is 0 Å². The maximum absolute atomic E-state index is 11.6. The molecule has 0 unspecified atom stereocenters. The second kappa shape index (κ2) is 5.98. The van der Waals surface area contributed by atoms with Crippen molar-refractivity contribution in [3.63, 3.8) is 0 Å². The second-order valence-electron chi connectivity index (χ2n) is 3.80. The largest absolute Gasteiger partial charge is 0.465 e. The lowest BCUT2D eigenvalue weighted by molar-refractivity contribution is 0.0603. The van der Waals surface area contributed by atoms with Gasteiger partial charge in [-0.2, -0.15) is 4.37 Å². The average Bonchev–Trinajstić information content (AvgIpc) is 2.96. The normalized spacial score (nSPS) is 10.4. The molecule has 0 spiro atoms. The van der Waals surface area contributed by atoms with Crippen LogP contribution in [0.5, 0.6) is 0 Å². The number of anilines is 2. The molecule has 2 aromatic rings. The molecule has 0 radical (unpaired) electrons. The fourth-order valence-electron chi connectivity index (χ4n) is 1.55. The van der Waals surface area contributed by atoms with Crippen LogP contribution in [0.4, 0.5) is 10.8 Å². The molecule has 0 saturated heterocycles. The van der Waals surface area contributed by atoms with Gasteiger partial charge >= 0.3 is 5.97 Å². The lowest BCUT2D eigenvalue weighted by atomic mass is 10.3. The molecule has 0 amide bonds. The number of carbonyl (C=O) groups excluding carboxylic acids is 1. The van der Waals surface area contributed by atoms with Crippen LogP contribution in [-0.4, -0.2) is 29.0 Å². The molecule has 0 saturated carbocycles. The van der Waals surface area contributed by atoms with E-state index in [1.807, 2.05) is 12.3 Å². The Bertz CT molecular complexity index is 579. The number of thiazole rings is 1. The lowest BCUT2D eigenvalue weighted by Gasteiger charge is -2.04. The first-order valence-electron chi connectivity index (χ1n) is 5.60. The van der Waals surface area contributed by atoms with E-state index in [9.17, 15) is 4.79 Å². The van der Waals surface area contributed by atoms with Crippen molar-refractivity contribution in [1.82, 2.24) is 9.36 Å². The van der Waals surface area contributed by atoms with Gasteiger partial charge in [0.25, 0.3) is 0 Å². The zero-order valence-electron chi connectivity index (χ0n) is 10.6. The van der Waals surface area contributed by atoms with Crippen LogP contribution >= 0.6 is 22.9 Å². The molecule has 0 fully saturated rings. The number of nitrogen functional groups attached to an aromatic ring is 1. The van der Waals surface area contributed by atoms with Crippen LogP contribution in [0.3, 0.4) is 0 Å². The minimum Gasteiger partial charge on any atom is -0.465 e. The number of hydrogen-bond acceptors (Lipinski definition) is 8. The number of nitrogens with two attached hydrogens (primary N) is 1. The fourth-order valence-corrected chi connectivity index (χ4v) is 2.92. The molecule has 0 aliphatic heterocycles. The van der Waals surface area contributed by atoms with Crippen LogP contribution in [0.15, 0.2) is 5.38 Å². The summed E-state index contributed by atoms with van der Waals surface area (Å²) in [6.45, 7) is 2.63. The van der Waals surface area contributed by atoms with Crippen molar-refractivity contribution in [3.8, 4) is 0 Å². The van der Waals surface area contributed by atoms with Gasteiger partial charge in [0.05, 0.1) is 17.8 Å². The van der Waals surface area contributed by atoms with E-state index >= 15 is 0 Å². The van der Waals surface area contributed by atoms with E-state index in [1.54, 1.807) is 11.3 Å². The van der Waals surface area contributed by atoms with Crippen molar-refractivity contribution in [2.75, 3.05) is 24.7 Å². The Labute approximate surface area is 118 Å². The Morgan fingerprint density at radius 1 is 1.58 bits per heavy atom. The summed E-state index contributed by atoms with van der Waals surface area (Å²) in [6.07, 6.45) is 0.781. The van der Waals surface area contributed by atoms with Gasteiger partial charge in [-0.05, 0) is 18.5 Å². The summed E-state index contributed by atoms with van der Waals surface area (Å²) in [5.74, 6) is -0.276. The van der Waals surface area contributed by atoms with Crippen molar-refractivity contribution >= 4 is 39.7 Å². The molecule has 0 atom stereocenters. The molecule has 0 aromatic carbocycles. The highest BCUT2D eigenvalue weighted by atomic mass is 32.1. The van der Waals surface area contributed by atoms with Crippen LogP contribution in [0.25, 0.3) is 0 Å². The van der Waals surface area contributed by atoms with Gasteiger partial charge in [0.15, 0.2) is 5.82 Å². The first kappa shape index (κ1) is 13.8. The Kier molecular flexibility index (Phi) is 4.33. The predicted molar refractivity (Wildman–Crippen MR) is 76.9 cm³/mol. The maximum Gasteiger partial charge on any atom is 0.344 e. The van der Waals surface area contributed by atoms with Gasteiger partial charge in [-0.15, -0.1) is 11.3 Å². The topological polar surface area (TPSA) is 90.1 Å². The minimum absolute atomic E-state index is 0.198. The van der Waals surface area contributed by atoms with E-state index in [4.69, 9.17) is 5.73 Å². The first-order chi connectivity index (χ1) is 9.11. The zero-order chi connectivity index (χ0) is 13.8. The third kappa shape index (κ3) is 3.21. The van der Waals surface area contributed by atoms with E-state index in [0.29, 0.717) is 17.1 Å². The standard InChI is InChI=1S/C11H14N4O2S2/c1-6-14-7(5-18-6)3-4-13-10-8(11(16)17-2)9(12)15-19-10/h5,13H,3-4H2,1-2H3,(H2,12,15). The average molecular weight is 298 g/mol. The van der Waals surface area contributed by atoms with Crippen LogP contribution in [0.1, 0.15) is 21.1 Å². The summed E-state index contributed by atoms with van der Waals surface area (Å²) in [5, 5.41) is 6.86. The number of nitrogens with zero attached hydrogens (tertiary/aromatic N) is 2. The second-order valence-corrected chi connectivity index (χ2v) is 5.63. The molecule has 19 heavy (non-hydrogen) atoms. The minimum atomic E-state index is -0.474. The van der Waals surface area contributed by atoms with Crippen molar-refractivity contribution in [2.24, 2.45) is 0 Å². The summed E-state index contributed by atoms with van der Waals surface area (Å²) in [5.41, 5.74) is 6.99. The SMILES string of the molecule is COC(=O)c1c(N)nsc1NCCc1csc(C)n1. The number of methoxy groups -OCH3 is 1. The number of aromatic nitrogens is 2. The molecule has 0 aliphatic rings. The van der Waals surface area contributed by atoms with Crippen molar-refractivity contribution in [3.05, 3.63) is 21.6 Å². The van der Waals surface area contributed by atoms with Crippen molar-refractivity contribution in [2.45, 2.75) is 13.3 Å². The molecule has 2 rings (SSSR count). The van der Waals surface area contributed by atoms with Gasteiger partial charge in [0.2, 0.25) is 0 Å². The quantitative estimate of drug-likeness (QED) is 0.820. The maximum atomic E-state index is 11.6. The third-order valence-electron chi connectivity index (χ3n) is 2.44. The molecule has 2 heterocycles. The van der Waals surface area contributed by atoms with Crippen LogP contribution < -0.4 is 11.1 Å². The van der Waals surface area contributed by atoms with Crippen LogP contribution in [0, 0.1) is 6.92 Å². The van der Waals surface area contributed by atoms with E-state index in [0.717, 1.165) is 28.7 Å². The molecule has 0 aliphatic carbocycles. The highest BCUT2D eigenvalue weighted by Crippen LogP contribution is 2.27. The molecule has 2 aromatic heterocycles. The molecule has 8 heteroatoms. The summed E-state index contributed by atoms with van der Waals surface area (Å²) >= 11 is 2.78. The number of nitrogens with one attached hydrogen (secondary N) is 1. The van der Waals surface area contributed by atoms with Gasteiger partial charge in [-0.3, -0.25) is 0 Å². The van der Waals surface area contributed by atoms with Crippen molar-refractivity contribution in [1.29, 1.82) is 0 Å². The number of ether oxygens (including phenoxy) is 1. The van der Waals surface area contributed by atoms with Crippen molar-refractivity contribution < 1.29 is 9.53 Å². The number of esters is 1. The van der Waals surface area contributed by atoms with Crippen LogP contribution in [-0.2, 0) is 11.2 Å². The summed E-state index contributed by atoms with van der Waals surface area (Å²) in [6, 6.07) is 0. The summed E-state index contributed by atoms with van der Waals surface area (Å²) in [4.78, 5) is 15.9. The van der Waals surface area contributed by atoms with Gasteiger partial charge in [0, 0.05) is 18.3 Å². The van der Waals surface area contributed by atoms with Gasteiger partial charge in [-0.25, -0.2) is 9.78 Å². The summed E-state index contributed by atoms with van der Waals surface area (Å²) < 4.78 is 8.64. The third-order valence-corrected chi connectivity index (χ3v) is 4.08. The van der Waals surface area contributed by atoms with E-state index < -0.39 is 5.97 Å². The number of hydrogen-bond donors (Lipinski definition) is 2. The first-order valence-corrected chi connectivity index (χ1v) is 7.25. The Morgan fingerprint density at radius 2 is 2.37 bits per heavy atom. The highest BCUT2D eigenvalue weighted by molar-refractivity contribution is 7.11. The predicted octanol–water partition coefficient (Wildman–Crippen LogP) is 1.93. The smallest absolute Gasteiger partial charge is 0.344 e. The Hall–Kier alpha value is -1.67. The number of carbonyl (C=O) groups is 1. The fraction of sp³-hybridized carbons (Fsp3) is 0.364. The zero-order valence-corrected chi connectivity index (χ0v) is 12.2. The van der Waals surface area contributed by atoms with Gasteiger partial charge < -0.3 is 15.8 Å². The molecule has 6 nitrogen and oxygen atoms in total. The molecular weight excluding hydrogens is 284 g/mol. The van der Waals surface area contributed by atoms with Crippen LogP contribution in [0.2, 0.25) is 0 Å².